The minimum atomic E-state index is -5.08. The van der Waals surface area contributed by atoms with Crippen LogP contribution in [-0.2, 0) is 27.4 Å². The van der Waals surface area contributed by atoms with Crippen LogP contribution in [0, 0.1) is 5.92 Å². The lowest BCUT2D eigenvalue weighted by molar-refractivity contribution is -0.193. The molecule has 2 fully saturated rings. The number of ether oxygens (including phenoxy) is 1. The molecule has 2 aliphatic heterocycles. The second-order valence-electron chi connectivity index (χ2n) is 8.28. The minimum Gasteiger partial charge on any atom is -0.475 e. The van der Waals surface area contributed by atoms with Gasteiger partial charge in [0, 0.05) is 50.8 Å². The Kier molecular flexibility index (Phi) is 10.6. The highest BCUT2D eigenvalue weighted by Gasteiger charge is 2.44. The summed E-state index contributed by atoms with van der Waals surface area (Å²) in [4.78, 5) is 22.9. The molecule has 37 heavy (non-hydrogen) atoms. The first-order valence-electron chi connectivity index (χ1n) is 10.8. The first-order chi connectivity index (χ1) is 17.2. The van der Waals surface area contributed by atoms with E-state index in [4.69, 9.17) is 33.4 Å². The highest BCUT2D eigenvalue weighted by Crippen LogP contribution is 2.34. The Morgan fingerprint density at radius 1 is 1.03 bits per heavy atom. The van der Waals surface area contributed by atoms with Crippen molar-refractivity contribution < 1.29 is 59.7 Å². The van der Waals surface area contributed by atoms with E-state index in [-0.39, 0.29) is 0 Å². The Morgan fingerprint density at radius 2 is 1.65 bits per heavy atom. The van der Waals surface area contributed by atoms with Crippen molar-refractivity contribution >= 4 is 11.9 Å². The van der Waals surface area contributed by atoms with Gasteiger partial charge in [0.05, 0.1) is 31.4 Å². The van der Waals surface area contributed by atoms with Gasteiger partial charge in [0.2, 0.25) is 0 Å². The van der Waals surface area contributed by atoms with E-state index < -0.39 is 24.3 Å². The number of rotatable bonds is 5. The second-order valence-corrected chi connectivity index (χ2v) is 8.28. The molecule has 4 heterocycles. The number of carboxylic acids is 2. The molecule has 9 nitrogen and oxygen atoms in total. The average Bonchev–Trinajstić information content (AvgIpc) is 3.56. The fraction of sp³-hybridized carbons (Fsp3) is 0.545. The highest BCUT2D eigenvalue weighted by molar-refractivity contribution is 5.73. The molecule has 208 valence electrons. The molecule has 2 aliphatic rings. The summed E-state index contributed by atoms with van der Waals surface area (Å²) in [5, 5.41) is 14.2. The third-order valence-electron chi connectivity index (χ3n) is 5.77. The van der Waals surface area contributed by atoms with Gasteiger partial charge >= 0.3 is 24.3 Å². The number of halogens is 6. The van der Waals surface area contributed by atoms with E-state index in [0.717, 1.165) is 44.9 Å². The molecular weight excluding hydrogens is 518 g/mol. The molecule has 0 bridgehead atoms. The van der Waals surface area contributed by atoms with Crippen molar-refractivity contribution in [3.05, 3.63) is 48.3 Å². The quantitative estimate of drug-likeness (QED) is 0.542. The maximum atomic E-state index is 10.6. The number of methoxy groups -OCH3 is 1. The topological polar surface area (TPSA) is 117 Å². The third kappa shape index (κ3) is 9.40. The van der Waals surface area contributed by atoms with Crippen LogP contribution in [0.2, 0.25) is 0 Å². The molecule has 0 saturated carbocycles. The van der Waals surface area contributed by atoms with Gasteiger partial charge in [-0.25, -0.2) is 9.59 Å². The van der Waals surface area contributed by atoms with Gasteiger partial charge in [-0.1, -0.05) is 0 Å². The average molecular weight is 544 g/mol. The van der Waals surface area contributed by atoms with Gasteiger partial charge in [0.1, 0.15) is 5.76 Å². The summed E-state index contributed by atoms with van der Waals surface area (Å²) >= 11 is 0. The van der Waals surface area contributed by atoms with E-state index in [2.05, 4.69) is 21.9 Å². The molecule has 0 aliphatic carbocycles. The zero-order chi connectivity index (χ0) is 27.8. The number of hydrogen-bond acceptors (Lipinski definition) is 7. The second kappa shape index (κ2) is 13.0. The summed E-state index contributed by atoms with van der Waals surface area (Å²) < 4.78 is 80.0. The molecule has 2 saturated heterocycles. The number of furan rings is 2. The number of aliphatic carboxylic acids is 2. The Morgan fingerprint density at radius 3 is 2.11 bits per heavy atom. The predicted octanol–water partition coefficient (Wildman–Crippen LogP) is 3.86. The molecule has 0 aromatic carbocycles. The van der Waals surface area contributed by atoms with Gasteiger partial charge in [-0.15, -0.1) is 0 Å². The van der Waals surface area contributed by atoms with Gasteiger partial charge in [-0.3, -0.25) is 9.80 Å². The van der Waals surface area contributed by atoms with Crippen molar-refractivity contribution in [3.8, 4) is 0 Å². The predicted molar refractivity (Wildman–Crippen MR) is 113 cm³/mol. The van der Waals surface area contributed by atoms with Crippen molar-refractivity contribution in [1.29, 1.82) is 0 Å². The summed E-state index contributed by atoms with van der Waals surface area (Å²) in [7, 11) is 1.85. The zero-order valence-electron chi connectivity index (χ0n) is 19.5. The highest BCUT2D eigenvalue weighted by atomic mass is 19.4. The van der Waals surface area contributed by atoms with Gasteiger partial charge in [0.15, 0.2) is 0 Å². The van der Waals surface area contributed by atoms with Gasteiger partial charge in [-0.05, 0) is 24.6 Å². The molecule has 2 N–H and O–H groups in total. The fourth-order valence-electron chi connectivity index (χ4n) is 4.18. The van der Waals surface area contributed by atoms with E-state index >= 15 is 0 Å². The maximum absolute atomic E-state index is 10.6. The van der Waals surface area contributed by atoms with E-state index in [0.29, 0.717) is 18.1 Å². The van der Waals surface area contributed by atoms with Crippen molar-refractivity contribution in [3.63, 3.8) is 0 Å². The molecule has 3 atom stereocenters. The molecule has 0 amide bonds. The maximum Gasteiger partial charge on any atom is 0.490 e. The lowest BCUT2D eigenvalue weighted by atomic mass is 9.89. The number of alkyl halides is 6. The standard InChI is InChI=1S/C18H24N2O3.2C2HF3O2/c1-21-18-4-6-20(9-14-5-8-22-13-14)17-12-19(11-16(17)18)10-15-3-2-7-23-15;2*3-2(4,5)1(6)7/h2-3,5,7-8,13,16-18H,4,6,9-12H2,1H3;2*(H,6,7)/t16-,17+,18+;;/m0../s1. The Labute approximate surface area is 207 Å². The lowest BCUT2D eigenvalue weighted by Gasteiger charge is -2.41. The number of piperidine rings is 1. The van der Waals surface area contributed by atoms with Gasteiger partial charge in [-0.2, -0.15) is 26.3 Å². The van der Waals surface area contributed by atoms with Crippen molar-refractivity contribution in [2.45, 2.75) is 44.0 Å². The Balaban J connectivity index is 0.000000286. The summed E-state index contributed by atoms with van der Waals surface area (Å²) in [6.07, 6.45) is -3.34. The summed E-state index contributed by atoms with van der Waals surface area (Å²) in [5.41, 5.74) is 1.25. The van der Waals surface area contributed by atoms with E-state index in [1.165, 1.54) is 5.56 Å². The SMILES string of the molecule is CO[C@@H]1CCN(Cc2ccoc2)[C@@H]2CN(Cc3ccco3)C[C@@H]21.O=C(O)C(F)(F)F.O=C(O)C(F)(F)F. The summed E-state index contributed by atoms with van der Waals surface area (Å²) in [6.45, 7) is 5.08. The number of likely N-dealkylation sites (tertiary alicyclic amines) is 2. The first-order valence-corrected chi connectivity index (χ1v) is 10.8. The molecule has 2 aromatic heterocycles. The van der Waals surface area contributed by atoms with Crippen LogP contribution in [-0.4, -0.2) is 83.2 Å². The Hall–Kier alpha value is -3.04. The van der Waals surface area contributed by atoms with Crippen molar-refractivity contribution in [2.24, 2.45) is 5.92 Å². The van der Waals surface area contributed by atoms with E-state index in [1.54, 1.807) is 12.5 Å². The number of carboxylic acid groups (broad SMARTS) is 2. The van der Waals surface area contributed by atoms with E-state index in [9.17, 15) is 26.3 Å². The smallest absolute Gasteiger partial charge is 0.475 e. The van der Waals surface area contributed by atoms with Gasteiger partial charge in [0.25, 0.3) is 0 Å². The molecule has 4 rings (SSSR count). The van der Waals surface area contributed by atoms with Gasteiger partial charge < -0.3 is 23.8 Å². The first kappa shape index (κ1) is 30.2. The number of carbonyl (C=O) groups is 2. The van der Waals surface area contributed by atoms with Crippen LogP contribution < -0.4 is 0 Å². The van der Waals surface area contributed by atoms with Crippen LogP contribution in [0.3, 0.4) is 0 Å². The molecular formula is C22H26F6N2O7. The monoisotopic (exact) mass is 544 g/mol. The van der Waals surface area contributed by atoms with Crippen molar-refractivity contribution in [2.75, 3.05) is 26.7 Å². The largest absolute Gasteiger partial charge is 0.490 e. The summed E-state index contributed by atoms with van der Waals surface area (Å²) in [5.74, 6) is -3.91. The Bertz CT molecular complexity index is 939. The molecule has 15 heteroatoms. The fourth-order valence-corrected chi connectivity index (χ4v) is 4.18. The van der Waals surface area contributed by atoms with Crippen molar-refractivity contribution in [1.82, 2.24) is 9.80 Å². The third-order valence-corrected chi connectivity index (χ3v) is 5.77. The van der Waals surface area contributed by atoms with E-state index in [1.807, 2.05) is 19.4 Å². The van der Waals surface area contributed by atoms with Crippen LogP contribution >= 0.6 is 0 Å². The van der Waals surface area contributed by atoms with Crippen LogP contribution in [0.1, 0.15) is 17.7 Å². The van der Waals surface area contributed by atoms with Crippen LogP contribution in [0.25, 0.3) is 0 Å². The lowest BCUT2D eigenvalue weighted by Crippen LogP contribution is -2.50. The van der Waals surface area contributed by atoms with Crippen LogP contribution in [0.5, 0.6) is 0 Å². The molecule has 2 aromatic rings. The number of fused-ring (bicyclic) bond motifs is 1. The minimum absolute atomic E-state index is 0.363. The number of nitrogens with zero attached hydrogens (tertiary/aromatic N) is 2. The molecule has 0 radical (unpaired) electrons. The molecule has 0 unspecified atom stereocenters. The zero-order valence-corrected chi connectivity index (χ0v) is 19.5. The number of hydrogen-bond donors (Lipinski definition) is 2. The summed E-state index contributed by atoms with van der Waals surface area (Å²) in [6, 6.07) is 6.62. The van der Waals surface area contributed by atoms with Crippen LogP contribution in [0.4, 0.5) is 26.3 Å². The van der Waals surface area contributed by atoms with Crippen LogP contribution in [0.15, 0.2) is 45.8 Å². The normalized spacial score (nSPS) is 22.3. The molecule has 0 spiro atoms.